The summed E-state index contributed by atoms with van der Waals surface area (Å²) in [6.07, 6.45) is 0. The zero-order valence-electron chi connectivity index (χ0n) is 7.72. The van der Waals surface area contributed by atoms with Gasteiger partial charge in [-0.1, -0.05) is 13.8 Å². The van der Waals surface area contributed by atoms with Crippen molar-refractivity contribution >= 4 is 0 Å². The first-order chi connectivity index (χ1) is 4.57. The first-order valence-corrected chi connectivity index (χ1v) is 4.41. The fraction of sp³-hybridized carbons (Fsp3) is 1.00. The summed E-state index contributed by atoms with van der Waals surface area (Å²) in [7, 11) is 2.38. The number of rotatable bonds is 1. The van der Waals surface area contributed by atoms with Crippen LogP contribution in [0.4, 0.5) is 0 Å². The van der Waals surface area contributed by atoms with E-state index in [9.17, 15) is 0 Å². The summed E-state index contributed by atoms with van der Waals surface area (Å²) < 4.78 is 1.29. The topological polar surface area (TPSA) is 0 Å². The van der Waals surface area contributed by atoms with Crippen molar-refractivity contribution in [1.82, 2.24) is 0 Å². The fourth-order valence-corrected chi connectivity index (χ4v) is 2.08. The Morgan fingerprint density at radius 2 is 1.60 bits per heavy atom. The predicted molar refractivity (Wildman–Crippen MR) is 44.8 cm³/mol. The number of nitrogens with zero attached hydrogens (tertiary/aromatic N) is 1. The van der Waals surface area contributed by atoms with Crippen LogP contribution >= 0.6 is 0 Å². The van der Waals surface area contributed by atoms with Gasteiger partial charge in [0.15, 0.2) is 0 Å². The van der Waals surface area contributed by atoms with Crippen LogP contribution in [0.15, 0.2) is 0 Å². The Kier molecular flexibility index (Phi) is 2.04. The second-order valence-corrected chi connectivity index (χ2v) is 4.26. The average molecular weight is 142 g/mol. The van der Waals surface area contributed by atoms with Gasteiger partial charge < -0.3 is 4.48 Å². The molecule has 0 spiro atoms. The van der Waals surface area contributed by atoms with E-state index in [-0.39, 0.29) is 0 Å². The van der Waals surface area contributed by atoms with E-state index in [0.717, 1.165) is 11.8 Å². The van der Waals surface area contributed by atoms with Crippen LogP contribution < -0.4 is 0 Å². The third-order valence-electron chi connectivity index (χ3n) is 3.19. The van der Waals surface area contributed by atoms with Crippen molar-refractivity contribution in [2.45, 2.75) is 20.8 Å². The van der Waals surface area contributed by atoms with Crippen molar-refractivity contribution in [3.05, 3.63) is 0 Å². The molecular weight excluding hydrogens is 122 g/mol. The molecule has 0 bridgehead atoms. The third kappa shape index (κ3) is 1.34. The smallest absolute Gasteiger partial charge is 0.0815 e. The summed E-state index contributed by atoms with van der Waals surface area (Å²) in [4.78, 5) is 0. The van der Waals surface area contributed by atoms with Crippen LogP contribution in [-0.4, -0.2) is 31.2 Å². The normalized spacial score (nSPS) is 48.0. The minimum Gasteiger partial charge on any atom is -0.326 e. The van der Waals surface area contributed by atoms with Crippen molar-refractivity contribution in [2.24, 2.45) is 11.8 Å². The molecule has 0 aromatic rings. The zero-order valence-corrected chi connectivity index (χ0v) is 7.72. The van der Waals surface area contributed by atoms with Gasteiger partial charge in [0.1, 0.15) is 0 Å². The van der Waals surface area contributed by atoms with Gasteiger partial charge in [-0.3, -0.25) is 0 Å². The quantitative estimate of drug-likeness (QED) is 0.489. The lowest BCUT2D eigenvalue weighted by Gasteiger charge is -2.27. The maximum absolute atomic E-state index is 2.38. The minimum absolute atomic E-state index is 0.935. The summed E-state index contributed by atoms with van der Waals surface area (Å²) in [5, 5.41) is 0. The van der Waals surface area contributed by atoms with Crippen LogP contribution in [0, 0.1) is 11.8 Å². The van der Waals surface area contributed by atoms with Crippen LogP contribution in [0.2, 0.25) is 0 Å². The Bertz CT molecular complexity index is 110. The second kappa shape index (κ2) is 2.54. The van der Waals surface area contributed by atoms with Crippen molar-refractivity contribution in [2.75, 3.05) is 26.7 Å². The number of quaternary nitrogens is 1. The molecular formula is C9H20N+. The van der Waals surface area contributed by atoms with Crippen LogP contribution in [0.1, 0.15) is 20.8 Å². The second-order valence-electron chi connectivity index (χ2n) is 4.26. The molecule has 2 unspecified atom stereocenters. The molecule has 0 aliphatic carbocycles. The summed E-state index contributed by atoms with van der Waals surface area (Å²) >= 11 is 0. The lowest BCUT2D eigenvalue weighted by Crippen LogP contribution is -2.41. The molecule has 1 aliphatic heterocycles. The number of likely N-dealkylation sites (tertiary alicyclic amines) is 1. The molecule has 1 heterocycles. The number of hydrogen-bond acceptors (Lipinski definition) is 0. The molecule has 1 rings (SSSR count). The minimum atomic E-state index is 0.935. The molecule has 10 heavy (non-hydrogen) atoms. The highest BCUT2D eigenvalue weighted by Gasteiger charge is 2.35. The highest BCUT2D eigenvalue weighted by molar-refractivity contribution is 4.67. The molecule has 60 valence electrons. The fourth-order valence-electron chi connectivity index (χ4n) is 2.08. The van der Waals surface area contributed by atoms with Gasteiger partial charge in [0, 0.05) is 11.8 Å². The van der Waals surface area contributed by atoms with Crippen LogP contribution in [-0.2, 0) is 0 Å². The van der Waals surface area contributed by atoms with E-state index in [1.165, 1.54) is 24.1 Å². The summed E-state index contributed by atoms with van der Waals surface area (Å²) in [6.45, 7) is 11.1. The third-order valence-corrected chi connectivity index (χ3v) is 3.19. The Hall–Kier alpha value is -0.0400. The van der Waals surface area contributed by atoms with E-state index >= 15 is 0 Å². The lowest BCUT2D eigenvalue weighted by atomic mass is 10.0. The summed E-state index contributed by atoms with van der Waals surface area (Å²) in [6, 6.07) is 0. The van der Waals surface area contributed by atoms with Crippen molar-refractivity contribution < 1.29 is 4.48 Å². The average Bonchev–Trinajstić information content (AvgIpc) is 2.10. The maximum Gasteiger partial charge on any atom is 0.0815 e. The van der Waals surface area contributed by atoms with E-state index in [2.05, 4.69) is 27.8 Å². The molecule has 0 N–H and O–H groups in total. The van der Waals surface area contributed by atoms with Gasteiger partial charge in [-0.15, -0.1) is 0 Å². The van der Waals surface area contributed by atoms with Crippen molar-refractivity contribution in [3.63, 3.8) is 0 Å². The Balaban J connectivity index is 2.55. The monoisotopic (exact) mass is 142 g/mol. The molecule has 0 radical (unpaired) electrons. The van der Waals surface area contributed by atoms with Crippen molar-refractivity contribution in [1.29, 1.82) is 0 Å². The Morgan fingerprint density at radius 1 is 1.20 bits per heavy atom. The highest BCUT2D eigenvalue weighted by Crippen LogP contribution is 2.26. The maximum atomic E-state index is 2.38. The van der Waals surface area contributed by atoms with Crippen LogP contribution in [0.3, 0.4) is 0 Å². The zero-order chi connectivity index (χ0) is 7.78. The first kappa shape index (κ1) is 8.06. The molecule has 0 aromatic carbocycles. The molecule has 0 saturated carbocycles. The number of hydrogen-bond donors (Lipinski definition) is 0. The van der Waals surface area contributed by atoms with Gasteiger partial charge >= 0.3 is 0 Å². The van der Waals surface area contributed by atoms with Gasteiger partial charge in [-0.2, -0.15) is 0 Å². The lowest BCUT2D eigenvalue weighted by molar-refractivity contribution is -0.898. The molecule has 1 nitrogen and oxygen atoms in total. The molecule has 1 aliphatic rings. The van der Waals surface area contributed by atoms with Crippen LogP contribution in [0.5, 0.6) is 0 Å². The van der Waals surface area contributed by atoms with E-state index < -0.39 is 0 Å². The summed E-state index contributed by atoms with van der Waals surface area (Å²) in [5.74, 6) is 1.87. The van der Waals surface area contributed by atoms with Gasteiger partial charge in [0.25, 0.3) is 0 Å². The molecule has 0 amide bonds. The largest absolute Gasteiger partial charge is 0.326 e. The SMILES string of the molecule is CC[N+]1(C)CC(C)C(C)C1. The van der Waals surface area contributed by atoms with E-state index in [1.54, 1.807) is 0 Å². The van der Waals surface area contributed by atoms with Gasteiger partial charge in [0.2, 0.25) is 0 Å². The molecule has 1 saturated heterocycles. The van der Waals surface area contributed by atoms with E-state index in [1.807, 2.05) is 0 Å². The van der Waals surface area contributed by atoms with Gasteiger partial charge in [-0.05, 0) is 6.92 Å². The molecule has 1 heteroatoms. The van der Waals surface area contributed by atoms with Gasteiger partial charge in [0.05, 0.1) is 26.7 Å². The first-order valence-electron chi connectivity index (χ1n) is 4.41. The summed E-state index contributed by atoms with van der Waals surface area (Å²) in [5.41, 5.74) is 0. The molecule has 0 aromatic heterocycles. The molecule has 1 fully saturated rings. The Morgan fingerprint density at radius 3 is 1.80 bits per heavy atom. The van der Waals surface area contributed by atoms with E-state index in [0.29, 0.717) is 0 Å². The van der Waals surface area contributed by atoms with Gasteiger partial charge in [-0.25, -0.2) is 0 Å². The van der Waals surface area contributed by atoms with Crippen molar-refractivity contribution in [3.8, 4) is 0 Å². The Labute approximate surface area is 64.6 Å². The standard InChI is InChI=1S/C9H20N/c1-5-10(4)6-8(2)9(3)7-10/h8-9H,5-7H2,1-4H3/q+1. The van der Waals surface area contributed by atoms with Crippen LogP contribution in [0.25, 0.3) is 0 Å². The van der Waals surface area contributed by atoms with E-state index in [4.69, 9.17) is 0 Å². The predicted octanol–water partition coefficient (Wildman–Crippen LogP) is 1.74. The highest BCUT2D eigenvalue weighted by atomic mass is 15.3. The molecule has 2 atom stereocenters.